The molecular weight excluding hydrogens is 250 g/mol. The SMILES string of the molecule is CNC1(CO)CCCC1CCN(C)CC1CCN(C)C1. The molecule has 0 radical (unpaired) electrons. The van der Waals surface area contributed by atoms with Crippen LogP contribution < -0.4 is 5.32 Å². The summed E-state index contributed by atoms with van der Waals surface area (Å²) in [6.45, 7) is 5.18. The van der Waals surface area contributed by atoms with Crippen LogP contribution in [-0.2, 0) is 0 Å². The zero-order chi connectivity index (χ0) is 14.6. The first-order valence-corrected chi connectivity index (χ1v) is 8.26. The summed E-state index contributed by atoms with van der Waals surface area (Å²) in [4.78, 5) is 4.94. The number of rotatable bonds is 7. The van der Waals surface area contributed by atoms with Crippen LogP contribution in [0.15, 0.2) is 0 Å². The average molecular weight is 283 g/mol. The van der Waals surface area contributed by atoms with Crippen LogP contribution in [0, 0.1) is 11.8 Å². The third-order valence-corrected chi connectivity index (χ3v) is 5.66. The van der Waals surface area contributed by atoms with Crippen molar-refractivity contribution in [2.75, 3.05) is 53.9 Å². The van der Waals surface area contributed by atoms with Crippen molar-refractivity contribution in [1.29, 1.82) is 0 Å². The summed E-state index contributed by atoms with van der Waals surface area (Å²) in [5.74, 6) is 1.48. The van der Waals surface area contributed by atoms with Crippen molar-refractivity contribution < 1.29 is 5.11 Å². The fourth-order valence-electron chi connectivity index (χ4n) is 4.26. The molecule has 4 heteroatoms. The lowest BCUT2D eigenvalue weighted by atomic mass is 9.85. The highest BCUT2D eigenvalue weighted by molar-refractivity contribution is 4.98. The molecule has 20 heavy (non-hydrogen) atoms. The van der Waals surface area contributed by atoms with Gasteiger partial charge >= 0.3 is 0 Å². The summed E-state index contributed by atoms with van der Waals surface area (Å²) < 4.78 is 0. The van der Waals surface area contributed by atoms with Crippen LogP contribution in [0.2, 0.25) is 0 Å². The Morgan fingerprint density at radius 2 is 2.20 bits per heavy atom. The van der Waals surface area contributed by atoms with Crippen LogP contribution in [0.4, 0.5) is 0 Å². The molecule has 1 saturated heterocycles. The Balaban J connectivity index is 1.74. The fourth-order valence-corrected chi connectivity index (χ4v) is 4.26. The molecule has 1 aliphatic carbocycles. The number of hydrogen-bond acceptors (Lipinski definition) is 4. The maximum Gasteiger partial charge on any atom is 0.0615 e. The molecule has 0 aromatic rings. The molecule has 2 fully saturated rings. The second-order valence-corrected chi connectivity index (χ2v) is 7.12. The minimum absolute atomic E-state index is 0.00554. The van der Waals surface area contributed by atoms with Crippen molar-refractivity contribution in [3.05, 3.63) is 0 Å². The number of aliphatic hydroxyl groups is 1. The first-order chi connectivity index (χ1) is 9.59. The van der Waals surface area contributed by atoms with Gasteiger partial charge in [0.05, 0.1) is 6.61 Å². The number of nitrogens with zero attached hydrogens (tertiary/aromatic N) is 2. The van der Waals surface area contributed by atoms with E-state index in [0.29, 0.717) is 5.92 Å². The van der Waals surface area contributed by atoms with Gasteiger partial charge < -0.3 is 20.2 Å². The monoisotopic (exact) mass is 283 g/mol. The Bertz CT molecular complexity index is 293. The normalized spacial score (nSPS) is 35.2. The Kier molecular flexibility index (Phi) is 5.84. The van der Waals surface area contributed by atoms with Crippen LogP contribution in [-0.4, -0.2) is 74.4 Å². The number of hydrogen-bond donors (Lipinski definition) is 2. The van der Waals surface area contributed by atoms with E-state index in [4.69, 9.17) is 0 Å². The lowest BCUT2D eigenvalue weighted by Gasteiger charge is -2.34. The quantitative estimate of drug-likeness (QED) is 0.731. The van der Waals surface area contributed by atoms with Crippen LogP contribution in [0.1, 0.15) is 32.1 Å². The van der Waals surface area contributed by atoms with E-state index in [1.807, 2.05) is 7.05 Å². The molecule has 118 valence electrons. The molecule has 3 unspecified atom stereocenters. The van der Waals surface area contributed by atoms with E-state index in [2.05, 4.69) is 29.2 Å². The van der Waals surface area contributed by atoms with Gasteiger partial charge in [0.15, 0.2) is 0 Å². The van der Waals surface area contributed by atoms with E-state index in [9.17, 15) is 5.11 Å². The first-order valence-electron chi connectivity index (χ1n) is 8.26. The van der Waals surface area contributed by atoms with Gasteiger partial charge in [-0.15, -0.1) is 0 Å². The second-order valence-electron chi connectivity index (χ2n) is 7.12. The number of likely N-dealkylation sites (N-methyl/N-ethyl adjacent to an activating group) is 1. The largest absolute Gasteiger partial charge is 0.394 e. The van der Waals surface area contributed by atoms with E-state index >= 15 is 0 Å². The molecule has 3 atom stereocenters. The van der Waals surface area contributed by atoms with E-state index in [-0.39, 0.29) is 12.1 Å². The Morgan fingerprint density at radius 3 is 2.80 bits per heavy atom. The number of likely N-dealkylation sites (tertiary alicyclic amines) is 1. The van der Waals surface area contributed by atoms with Crippen molar-refractivity contribution in [1.82, 2.24) is 15.1 Å². The van der Waals surface area contributed by atoms with Gasteiger partial charge in [-0.25, -0.2) is 0 Å². The summed E-state index contributed by atoms with van der Waals surface area (Å²) in [5, 5.41) is 13.1. The Labute approximate surface area is 124 Å². The molecule has 2 aliphatic rings. The summed E-state index contributed by atoms with van der Waals surface area (Å²) in [5.41, 5.74) is -0.00554. The van der Waals surface area contributed by atoms with Gasteiger partial charge in [-0.1, -0.05) is 6.42 Å². The molecule has 0 aromatic heterocycles. The topological polar surface area (TPSA) is 38.7 Å². The van der Waals surface area contributed by atoms with Gasteiger partial charge in [0, 0.05) is 18.6 Å². The summed E-state index contributed by atoms with van der Waals surface area (Å²) >= 11 is 0. The Morgan fingerprint density at radius 1 is 1.40 bits per heavy atom. The molecule has 0 spiro atoms. The van der Waals surface area contributed by atoms with Gasteiger partial charge in [-0.2, -0.15) is 0 Å². The Hall–Kier alpha value is -0.160. The molecule has 1 heterocycles. The van der Waals surface area contributed by atoms with Crippen molar-refractivity contribution >= 4 is 0 Å². The lowest BCUT2D eigenvalue weighted by molar-refractivity contribution is 0.119. The van der Waals surface area contributed by atoms with E-state index in [0.717, 1.165) is 18.9 Å². The zero-order valence-corrected chi connectivity index (χ0v) is 13.6. The van der Waals surface area contributed by atoms with E-state index < -0.39 is 0 Å². The van der Waals surface area contributed by atoms with Crippen molar-refractivity contribution in [2.45, 2.75) is 37.6 Å². The van der Waals surface area contributed by atoms with Gasteiger partial charge in [0.1, 0.15) is 0 Å². The van der Waals surface area contributed by atoms with Gasteiger partial charge in [-0.05, 0) is 71.8 Å². The third kappa shape index (κ3) is 3.73. The van der Waals surface area contributed by atoms with Gasteiger partial charge in [0.2, 0.25) is 0 Å². The standard InChI is InChI=1S/C16H33N3O/c1-17-16(13-20)8-4-5-15(16)7-10-19(3)12-14-6-9-18(2)11-14/h14-15,17,20H,4-13H2,1-3H3. The molecule has 2 rings (SSSR count). The third-order valence-electron chi connectivity index (χ3n) is 5.66. The maximum atomic E-state index is 9.73. The minimum atomic E-state index is -0.00554. The summed E-state index contributed by atoms with van der Waals surface area (Å²) in [6.07, 6.45) is 6.20. The number of nitrogens with one attached hydrogen (secondary N) is 1. The molecule has 2 N–H and O–H groups in total. The lowest BCUT2D eigenvalue weighted by Crippen LogP contribution is -2.50. The van der Waals surface area contributed by atoms with E-state index in [1.54, 1.807) is 0 Å². The average Bonchev–Trinajstić information content (AvgIpc) is 3.03. The first kappa shape index (κ1) is 16.2. The second kappa shape index (κ2) is 7.21. The van der Waals surface area contributed by atoms with Crippen LogP contribution >= 0.6 is 0 Å². The van der Waals surface area contributed by atoms with Crippen LogP contribution in [0.25, 0.3) is 0 Å². The highest BCUT2D eigenvalue weighted by Crippen LogP contribution is 2.37. The van der Waals surface area contributed by atoms with Crippen LogP contribution in [0.5, 0.6) is 0 Å². The molecule has 4 nitrogen and oxygen atoms in total. The molecular formula is C16H33N3O. The highest BCUT2D eigenvalue weighted by atomic mass is 16.3. The fraction of sp³-hybridized carbons (Fsp3) is 1.00. The molecule has 0 aromatic carbocycles. The molecule has 0 amide bonds. The number of aliphatic hydroxyl groups excluding tert-OH is 1. The van der Waals surface area contributed by atoms with Crippen molar-refractivity contribution in [3.63, 3.8) is 0 Å². The van der Waals surface area contributed by atoms with E-state index in [1.165, 1.54) is 45.3 Å². The van der Waals surface area contributed by atoms with Gasteiger partial charge in [-0.3, -0.25) is 0 Å². The predicted molar refractivity (Wildman–Crippen MR) is 83.9 cm³/mol. The van der Waals surface area contributed by atoms with Crippen LogP contribution in [0.3, 0.4) is 0 Å². The summed E-state index contributed by atoms with van der Waals surface area (Å²) in [6, 6.07) is 0. The van der Waals surface area contributed by atoms with Crippen molar-refractivity contribution in [3.8, 4) is 0 Å². The predicted octanol–water partition coefficient (Wildman–Crippen LogP) is 1.01. The highest BCUT2D eigenvalue weighted by Gasteiger charge is 2.40. The maximum absolute atomic E-state index is 9.73. The molecule has 1 aliphatic heterocycles. The van der Waals surface area contributed by atoms with Crippen molar-refractivity contribution in [2.24, 2.45) is 11.8 Å². The molecule has 0 bridgehead atoms. The van der Waals surface area contributed by atoms with Gasteiger partial charge in [0.25, 0.3) is 0 Å². The molecule has 1 saturated carbocycles. The zero-order valence-electron chi connectivity index (χ0n) is 13.6. The smallest absolute Gasteiger partial charge is 0.0615 e. The minimum Gasteiger partial charge on any atom is -0.394 e. The summed E-state index contributed by atoms with van der Waals surface area (Å²) in [7, 11) is 6.49.